The summed E-state index contributed by atoms with van der Waals surface area (Å²) in [5, 5.41) is 11.2. The molecular formula is C33H31N4OPt-. The smallest absolute Gasteiger partial charge is 0.136 e. The van der Waals surface area contributed by atoms with Crippen LogP contribution in [0, 0.1) is 6.07 Å². The van der Waals surface area contributed by atoms with Crippen molar-refractivity contribution < 1.29 is 26.2 Å². The third-order valence-electron chi connectivity index (χ3n) is 6.54. The maximum Gasteiger partial charge on any atom is 0.136 e. The molecule has 0 bridgehead atoms. The van der Waals surface area contributed by atoms with E-state index in [1.165, 1.54) is 5.56 Å². The Kier molecular flexibility index (Phi) is 8.93. The van der Waals surface area contributed by atoms with Crippen molar-refractivity contribution in [3.63, 3.8) is 0 Å². The molecule has 5 nitrogen and oxygen atoms in total. The number of phenols is 1. The zero-order chi connectivity index (χ0) is 26.6. The molecule has 6 heteroatoms. The maximum absolute atomic E-state index is 11.2. The molecular weight excluding hydrogens is 663 g/mol. The van der Waals surface area contributed by atoms with Gasteiger partial charge < -0.3 is 10.0 Å². The summed E-state index contributed by atoms with van der Waals surface area (Å²) in [6.45, 7) is 8.50. The number of hydrogen-bond acceptors (Lipinski definition) is 5. The van der Waals surface area contributed by atoms with Crippen molar-refractivity contribution in [3.8, 4) is 28.4 Å². The van der Waals surface area contributed by atoms with Gasteiger partial charge in [0.2, 0.25) is 0 Å². The van der Waals surface area contributed by atoms with E-state index in [1.54, 1.807) is 12.4 Å². The van der Waals surface area contributed by atoms with E-state index in [9.17, 15) is 5.11 Å². The zero-order valence-electron chi connectivity index (χ0n) is 22.4. The average Bonchev–Trinajstić information content (AvgIpc) is 2.94. The van der Waals surface area contributed by atoms with E-state index in [0.717, 1.165) is 33.9 Å². The SMILES string of the molecule is CC(C)c1cc(-c2ccnc(-c3[c-]c(N(c4ccccc4)c4ccccn4)ccc3)n2)c(O)c(C(C)C)c1.[Pt]. The van der Waals surface area contributed by atoms with Crippen LogP contribution in [-0.4, -0.2) is 20.1 Å². The minimum Gasteiger partial charge on any atom is -0.507 e. The summed E-state index contributed by atoms with van der Waals surface area (Å²) in [6.07, 6.45) is 3.52. The summed E-state index contributed by atoms with van der Waals surface area (Å²) < 4.78 is 0. The minimum absolute atomic E-state index is 0. The van der Waals surface area contributed by atoms with Crippen molar-refractivity contribution in [2.75, 3.05) is 4.90 Å². The molecule has 39 heavy (non-hydrogen) atoms. The van der Waals surface area contributed by atoms with Crippen molar-refractivity contribution >= 4 is 17.2 Å². The molecule has 1 N–H and O–H groups in total. The van der Waals surface area contributed by atoms with Gasteiger partial charge in [0, 0.05) is 44.7 Å². The molecule has 0 unspecified atom stereocenters. The number of pyridine rings is 1. The van der Waals surface area contributed by atoms with E-state index in [0.29, 0.717) is 17.4 Å². The van der Waals surface area contributed by atoms with Crippen molar-refractivity contribution in [1.29, 1.82) is 0 Å². The first-order valence-electron chi connectivity index (χ1n) is 12.9. The number of aromatic hydroxyl groups is 1. The van der Waals surface area contributed by atoms with Crippen molar-refractivity contribution in [1.82, 2.24) is 15.0 Å². The molecule has 0 radical (unpaired) electrons. The van der Waals surface area contributed by atoms with Crippen molar-refractivity contribution in [3.05, 3.63) is 115 Å². The Balaban J connectivity index is 0.00000353. The van der Waals surface area contributed by atoms with Crippen LogP contribution < -0.4 is 4.90 Å². The summed E-state index contributed by atoms with van der Waals surface area (Å²) in [6, 6.07) is 31.4. The molecule has 0 aliphatic carbocycles. The molecule has 0 amide bonds. The van der Waals surface area contributed by atoms with Crippen LogP contribution in [0.25, 0.3) is 22.6 Å². The van der Waals surface area contributed by atoms with Gasteiger partial charge in [0.25, 0.3) is 0 Å². The van der Waals surface area contributed by atoms with Gasteiger partial charge in [-0.25, -0.2) is 4.98 Å². The summed E-state index contributed by atoms with van der Waals surface area (Å²) in [5.41, 5.74) is 6.06. The van der Waals surface area contributed by atoms with Crippen LogP contribution in [0.4, 0.5) is 17.2 Å². The quantitative estimate of drug-likeness (QED) is 0.174. The Labute approximate surface area is 244 Å². The number of benzene rings is 3. The summed E-state index contributed by atoms with van der Waals surface area (Å²) in [5.74, 6) is 2.12. The van der Waals surface area contributed by atoms with E-state index in [-0.39, 0.29) is 32.7 Å². The van der Waals surface area contributed by atoms with Crippen LogP contribution in [0.5, 0.6) is 5.75 Å². The molecule has 0 atom stereocenters. The van der Waals surface area contributed by atoms with Crippen LogP contribution in [0.1, 0.15) is 50.7 Å². The number of anilines is 3. The Morgan fingerprint density at radius 1 is 0.769 bits per heavy atom. The standard InChI is InChI=1S/C33H31N4O.Pt/c1-22(2)25-20-28(23(3)4)32(38)29(21-25)30-16-18-35-33(36-30)24-11-10-14-27(19-24)37(26-12-6-5-7-13-26)31-15-8-9-17-34-31;/h5-18,20-23,38H,1-4H3;/q-1;. The molecule has 200 valence electrons. The monoisotopic (exact) mass is 694 g/mol. The first kappa shape index (κ1) is 28.2. The van der Waals surface area contributed by atoms with Gasteiger partial charge in [-0.1, -0.05) is 58.0 Å². The molecule has 0 fully saturated rings. The van der Waals surface area contributed by atoms with E-state index >= 15 is 0 Å². The van der Waals surface area contributed by atoms with Gasteiger partial charge in [-0.15, -0.1) is 29.8 Å². The van der Waals surface area contributed by atoms with Crippen LogP contribution in [0.15, 0.2) is 97.3 Å². The molecule has 3 aromatic carbocycles. The number of rotatable bonds is 7. The zero-order valence-corrected chi connectivity index (χ0v) is 24.7. The van der Waals surface area contributed by atoms with Gasteiger partial charge in [-0.05, 0) is 65.0 Å². The van der Waals surface area contributed by atoms with Gasteiger partial charge in [0.15, 0.2) is 0 Å². The van der Waals surface area contributed by atoms with Crippen molar-refractivity contribution in [2.45, 2.75) is 39.5 Å². The van der Waals surface area contributed by atoms with Gasteiger partial charge in [-0.3, -0.25) is 9.97 Å². The topological polar surface area (TPSA) is 62.1 Å². The summed E-state index contributed by atoms with van der Waals surface area (Å²) >= 11 is 0. The summed E-state index contributed by atoms with van der Waals surface area (Å²) in [7, 11) is 0. The molecule has 0 aliphatic rings. The van der Waals surface area contributed by atoms with Crippen LogP contribution in [0.2, 0.25) is 0 Å². The molecule has 2 heterocycles. The predicted molar refractivity (Wildman–Crippen MR) is 154 cm³/mol. The fraction of sp³-hybridized carbons (Fsp3) is 0.182. The fourth-order valence-electron chi connectivity index (χ4n) is 4.46. The molecule has 0 aliphatic heterocycles. The third-order valence-corrected chi connectivity index (χ3v) is 6.54. The molecule has 5 aromatic rings. The Morgan fingerprint density at radius 2 is 1.54 bits per heavy atom. The van der Waals surface area contributed by atoms with Gasteiger partial charge in [0.1, 0.15) is 11.6 Å². The Bertz CT molecular complexity index is 1500. The maximum atomic E-state index is 11.2. The van der Waals surface area contributed by atoms with Crippen LogP contribution in [0.3, 0.4) is 0 Å². The first-order valence-corrected chi connectivity index (χ1v) is 12.9. The number of hydrogen-bond donors (Lipinski definition) is 1. The molecule has 5 rings (SSSR count). The fourth-order valence-corrected chi connectivity index (χ4v) is 4.46. The number of phenolic OH excluding ortho intramolecular Hbond substituents is 1. The predicted octanol–water partition coefficient (Wildman–Crippen LogP) is 8.43. The van der Waals surface area contributed by atoms with Crippen molar-refractivity contribution in [2.24, 2.45) is 0 Å². The minimum atomic E-state index is 0. The number of nitrogens with zero attached hydrogens (tertiary/aromatic N) is 4. The summed E-state index contributed by atoms with van der Waals surface area (Å²) in [4.78, 5) is 16.1. The van der Waals surface area contributed by atoms with Gasteiger partial charge >= 0.3 is 0 Å². The van der Waals surface area contributed by atoms with E-state index < -0.39 is 0 Å². The van der Waals surface area contributed by atoms with E-state index in [4.69, 9.17) is 4.98 Å². The van der Waals surface area contributed by atoms with Gasteiger partial charge in [-0.2, -0.15) is 0 Å². The average molecular weight is 695 g/mol. The van der Waals surface area contributed by atoms with E-state index in [1.807, 2.05) is 78.9 Å². The first-order chi connectivity index (χ1) is 18.4. The second kappa shape index (κ2) is 12.4. The largest absolute Gasteiger partial charge is 0.507 e. The molecule has 0 saturated carbocycles. The number of aromatic nitrogens is 3. The van der Waals surface area contributed by atoms with E-state index in [2.05, 4.69) is 54.7 Å². The third kappa shape index (κ3) is 6.10. The Morgan fingerprint density at radius 3 is 2.23 bits per heavy atom. The van der Waals surface area contributed by atoms with Crippen LogP contribution in [-0.2, 0) is 21.1 Å². The normalized spacial score (nSPS) is 10.9. The second-order valence-electron chi connectivity index (χ2n) is 9.89. The number of para-hydroxylation sites is 1. The van der Waals surface area contributed by atoms with Gasteiger partial charge in [0.05, 0.1) is 11.5 Å². The van der Waals surface area contributed by atoms with Crippen LogP contribution >= 0.6 is 0 Å². The molecule has 2 aromatic heterocycles. The molecule has 0 saturated heterocycles. The Hall–Kier alpha value is -3.82. The second-order valence-corrected chi connectivity index (χ2v) is 9.89. The molecule has 0 spiro atoms.